The van der Waals surface area contributed by atoms with Gasteiger partial charge in [-0.1, -0.05) is 0 Å². The van der Waals surface area contributed by atoms with Crippen molar-refractivity contribution in [2.45, 2.75) is 0 Å². The van der Waals surface area contributed by atoms with E-state index in [-0.39, 0.29) is 19.2 Å². The summed E-state index contributed by atoms with van der Waals surface area (Å²) >= 11 is 0. The first-order chi connectivity index (χ1) is 5.33. The first-order valence-corrected chi connectivity index (χ1v) is 3.14. The second-order valence-electron chi connectivity index (χ2n) is 1.85. The molecule has 0 aromatic carbocycles. The van der Waals surface area contributed by atoms with Crippen LogP contribution < -0.4 is 10.5 Å². The highest BCUT2D eigenvalue weighted by molar-refractivity contribution is 5.20. The summed E-state index contributed by atoms with van der Waals surface area (Å²) in [6.45, 7) is 0.220. The summed E-state index contributed by atoms with van der Waals surface area (Å²) < 4.78 is 4.98. The lowest BCUT2D eigenvalue weighted by Crippen LogP contribution is -2.03. The number of nitrogens with zero attached hydrogens (tertiary/aromatic N) is 2. The van der Waals surface area contributed by atoms with Gasteiger partial charge in [0.2, 0.25) is 5.95 Å². The molecule has 11 heavy (non-hydrogen) atoms. The highest BCUT2D eigenvalue weighted by Crippen LogP contribution is 2.05. The lowest BCUT2D eigenvalue weighted by atomic mass is 10.6. The van der Waals surface area contributed by atoms with Gasteiger partial charge in [0.25, 0.3) is 0 Å². The lowest BCUT2D eigenvalue weighted by Gasteiger charge is -2.01. The molecule has 60 valence electrons. The van der Waals surface area contributed by atoms with Gasteiger partial charge in [-0.25, -0.2) is 9.97 Å². The molecule has 5 heteroatoms. The summed E-state index contributed by atoms with van der Waals surface area (Å²) in [4.78, 5) is 7.38. The minimum atomic E-state index is -0.0234. The molecule has 1 rings (SSSR count). The normalized spacial score (nSPS) is 9.55. The van der Waals surface area contributed by atoms with Crippen molar-refractivity contribution in [3.63, 3.8) is 0 Å². The van der Waals surface area contributed by atoms with E-state index in [1.165, 1.54) is 12.4 Å². The maximum absolute atomic E-state index is 8.39. The highest BCUT2D eigenvalue weighted by atomic mass is 16.5. The largest absolute Gasteiger partial charge is 0.488 e. The van der Waals surface area contributed by atoms with E-state index in [1.807, 2.05) is 0 Å². The Balaban J connectivity index is 2.52. The number of anilines is 1. The number of hydrogen-bond donors (Lipinski definition) is 2. The molecule has 0 amide bonds. The summed E-state index contributed by atoms with van der Waals surface area (Å²) in [6.07, 6.45) is 2.91. The third-order valence-electron chi connectivity index (χ3n) is 1.01. The second-order valence-corrected chi connectivity index (χ2v) is 1.85. The summed E-state index contributed by atoms with van der Waals surface area (Å²) in [6, 6.07) is 0. The first-order valence-electron chi connectivity index (χ1n) is 3.14. The summed E-state index contributed by atoms with van der Waals surface area (Å²) in [5, 5.41) is 8.39. The van der Waals surface area contributed by atoms with Crippen LogP contribution in [0, 0.1) is 0 Å². The fourth-order valence-electron chi connectivity index (χ4n) is 0.564. The van der Waals surface area contributed by atoms with E-state index < -0.39 is 0 Å². The Bertz CT molecular complexity index is 212. The van der Waals surface area contributed by atoms with Gasteiger partial charge in [0.1, 0.15) is 6.61 Å². The molecule has 0 aliphatic carbocycles. The number of aliphatic hydroxyl groups is 1. The van der Waals surface area contributed by atoms with Crippen molar-refractivity contribution >= 4 is 5.95 Å². The Labute approximate surface area is 63.8 Å². The zero-order valence-electron chi connectivity index (χ0n) is 5.90. The second kappa shape index (κ2) is 3.72. The quantitative estimate of drug-likeness (QED) is 0.610. The van der Waals surface area contributed by atoms with Gasteiger partial charge >= 0.3 is 0 Å². The third-order valence-corrected chi connectivity index (χ3v) is 1.01. The molecule has 1 aromatic rings. The van der Waals surface area contributed by atoms with Crippen LogP contribution in [-0.2, 0) is 0 Å². The minimum absolute atomic E-state index is 0.0234. The number of aromatic nitrogens is 2. The van der Waals surface area contributed by atoms with E-state index in [1.54, 1.807) is 0 Å². The van der Waals surface area contributed by atoms with Crippen LogP contribution in [0.1, 0.15) is 0 Å². The molecule has 0 bridgehead atoms. The first kappa shape index (κ1) is 7.74. The van der Waals surface area contributed by atoms with Gasteiger partial charge < -0.3 is 15.6 Å². The van der Waals surface area contributed by atoms with Crippen LogP contribution in [0.25, 0.3) is 0 Å². The van der Waals surface area contributed by atoms with Crippen molar-refractivity contribution in [3.05, 3.63) is 12.4 Å². The van der Waals surface area contributed by atoms with Crippen LogP contribution in [-0.4, -0.2) is 28.3 Å². The molecule has 0 aliphatic rings. The van der Waals surface area contributed by atoms with Gasteiger partial charge in [0.15, 0.2) is 5.75 Å². The van der Waals surface area contributed by atoms with Crippen LogP contribution in [0.15, 0.2) is 12.4 Å². The Morgan fingerprint density at radius 2 is 2.09 bits per heavy atom. The Hall–Kier alpha value is -1.36. The van der Waals surface area contributed by atoms with Gasteiger partial charge in [-0.2, -0.15) is 0 Å². The highest BCUT2D eigenvalue weighted by Gasteiger charge is 1.92. The lowest BCUT2D eigenvalue weighted by molar-refractivity contribution is 0.200. The fourth-order valence-corrected chi connectivity index (χ4v) is 0.564. The number of ether oxygens (including phenoxy) is 1. The predicted molar refractivity (Wildman–Crippen MR) is 39.0 cm³/mol. The molecular formula is C6H9N3O2. The van der Waals surface area contributed by atoms with Crippen LogP contribution in [0.2, 0.25) is 0 Å². The average Bonchev–Trinajstić information content (AvgIpc) is 2.04. The van der Waals surface area contributed by atoms with Crippen molar-refractivity contribution in [2.75, 3.05) is 18.9 Å². The molecular weight excluding hydrogens is 146 g/mol. The van der Waals surface area contributed by atoms with Crippen LogP contribution in [0.5, 0.6) is 5.75 Å². The van der Waals surface area contributed by atoms with Crippen molar-refractivity contribution in [1.29, 1.82) is 0 Å². The summed E-state index contributed by atoms with van der Waals surface area (Å²) in [5.41, 5.74) is 5.23. The Kier molecular flexibility index (Phi) is 2.62. The van der Waals surface area contributed by atoms with Crippen LogP contribution in [0.4, 0.5) is 5.95 Å². The molecule has 0 aliphatic heterocycles. The molecule has 0 unspecified atom stereocenters. The van der Waals surface area contributed by atoms with Gasteiger partial charge in [0, 0.05) is 0 Å². The zero-order chi connectivity index (χ0) is 8.10. The molecule has 1 heterocycles. The smallest absolute Gasteiger partial charge is 0.220 e. The van der Waals surface area contributed by atoms with E-state index >= 15 is 0 Å². The maximum Gasteiger partial charge on any atom is 0.220 e. The number of hydrogen-bond acceptors (Lipinski definition) is 5. The zero-order valence-corrected chi connectivity index (χ0v) is 5.90. The molecule has 0 atom stereocenters. The molecule has 5 nitrogen and oxygen atoms in total. The van der Waals surface area contributed by atoms with E-state index in [4.69, 9.17) is 15.6 Å². The van der Waals surface area contributed by atoms with Crippen molar-refractivity contribution in [3.8, 4) is 5.75 Å². The fraction of sp³-hybridized carbons (Fsp3) is 0.333. The van der Waals surface area contributed by atoms with Gasteiger partial charge in [-0.15, -0.1) is 0 Å². The van der Waals surface area contributed by atoms with Gasteiger partial charge in [-0.05, 0) is 0 Å². The number of aliphatic hydroxyl groups excluding tert-OH is 1. The molecule has 0 radical (unpaired) electrons. The average molecular weight is 155 g/mol. The number of nitrogens with two attached hydrogens (primary N) is 1. The number of nitrogen functional groups attached to an aromatic ring is 1. The topological polar surface area (TPSA) is 81.3 Å². The predicted octanol–water partition coefficient (Wildman–Crippen LogP) is -0.570. The van der Waals surface area contributed by atoms with Crippen LogP contribution >= 0.6 is 0 Å². The maximum atomic E-state index is 8.39. The standard InChI is InChI=1S/C6H9N3O2/c7-6-8-3-5(4-9-6)11-2-1-10/h3-4,10H,1-2H2,(H2,7,8,9). The Morgan fingerprint density at radius 1 is 1.45 bits per heavy atom. The Morgan fingerprint density at radius 3 is 2.64 bits per heavy atom. The third kappa shape index (κ3) is 2.38. The SMILES string of the molecule is Nc1ncc(OCCO)cn1. The van der Waals surface area contributed by atoms with E-state index in [9.17, 15) is 0 Å². The molecule has 0 saturated heterocycles. The summed E-state index contributed by atoms with van der Waals surface area (Å²) in [5.74, 6) is 0.717. The molecule has 3 N–H and O–H groups in total. The molecule has 0 fully saturated rings. The van der Waals surface area contributed by atoms with Crippen molar-refractivity contribution in [1.82, 2.24) is 9.97 Å². The molecule has 0 spiro atoms. The van der Waals surface area contributed by atoms with E-state index in [0.29, 0.717) is 5.75 Å². The summed E-state index contributed by atoms with van der Waals surface area (Å²) in [7, 11) is 0. The molecule has 1 aromatic heterocycles. The minimum Gasteiger partial charge on any atom is -0.488 e. The van der Waals surface area contributed by atoms with Gasteiger partial charge in [-0.3, -0.25) is 0 Å². The number of rotatable bonds is 3. The van der Waals surface area contributed by atoms with Crippen molar-refractivity contribution in [2.24, 2.45) is 0 Å². The van der Waals surface area contributed by atoms with Gasteiger partial charge in [0.05, 0.1) is 19.0 Å². The monoisotopic (exact) mass is 155 g/mol. The van der Waals surface area contributed by atoms with E-state index in [2.05, 4.69) is 9.97 Å². The molecule has 0 saturated carbocycles. The van der Waals surface area contributed by atoms with Crippen molar-refractivity contribution < 1.29 is 9.84 Å². The van der Waals surface area contributed by atoms with E-state index in [0.717, 1.165) is 0 Å². The van der Waals surface area contributed by atoms with Crippen LogP contribution in [0.3, 0.4) is 0 Å².